The predicted molar refractivity (Wildman–Crippen MR) is 182 cm³/mol. The van der Waals surface area contributed by atoms with E-state index < -0.39 is 21.9 Å². The summed E-state index contributed by atoms with van der Waals surface area (Å²) in [7, 11) is -1.90. The van der Waals surface area contributed by atoms with E-state index in [0.717, 1.165) is 34.9 Å². The first-order valence-electron chi connectivity index (χ1n) is 14.7. The zero-order valence-electron chi connectivity index (χ0n) is 25.6. The number of ether oxygens (including phenoxy) is 3. The van der Waals surface area contributed by atoms with E-state index in [1.54, 1.807) is 19.2 Å². The molecular weight excluding hydrogens is 644 g/mol. The van der Waals surface area contributed by atoms with Gasteiger partial charge in [0, 0.05) is 16.1 Å². The molecule has 0 saturated heterocycles. The van der Waals surface area contributed by atoms with Crippen molar-refractivity contribution < 1.29 is 27.4 Å². The number of thioether (sulfide) groups is 1. The molecule has 1 atom stereocenters. The number of hydrogen-bond donors (Lipinski definition) is 0. The van der Waals surface area contributed by atoms with Gasteiger partial charge in [-0.25, -0.2) is 13.4 Å². The fraction of sp³-hybridized carbons (Fsp3) is 0.286. The van der Waals surface area contributed by atoms with Gasteiger partial charge >= 0.3 is 5.97 Å². The number of unbranched alkanes of at least 4 members (excludes halogenated alkanes) is 1. The first kappa shape index (κ1) is 35.0. The van der Waals surface area contributed by atoms with Crippen LogP contribution in [0, 0.1) is 11.3 Å². The van der Waals surface area contributed by atoms with Crippen LogP contribution in [0.15, 0.2) is 90.0 Å². The lowest BCUT2D eigenvalue weighted by atomic mass is 9.99. The molecule has 0 saturated carbocycles. The number of halogens is 1. The third-order valence-electron chi connectivity index (χ3n) is 6.93. The van der Waals surface area contributed by atoms with Crippen molar-refractivity contribution in [3.8, 4) is 34.2 Å². The van der Waals surface area contributed by atoms with Crippen LogP contribution >= 0.6 is 23.4 Å². The quantitative estimate of drug-likeness (QED) is 0.0884. The fourth-order valence-electron chi connectivity index (χ4n) is 4.57. The molecule has 1 heterocycles. The van der Waals surface area contributed by atoms with Crippen LogP contribution in [0.3, 0.4) is 0 Å². The smallest absolute Gasteiger partial charge is 0.316 e. The van der Waals surface area contributed by atoms with E-state index in [1.165, 1.54) is 0 Å². The zero-order chi connectivity index (χ0) is 32.9. The van der Waals surface area contributed by atoms with Crippen LogP contribution < -0.4 is 4.74 Å². The Labute approximate surface area is 279 Å². The molecule has 0 aliphatic rings. The zero-order valence-corrected chi connectivity index (χ0v) is 28.0. The van der Waals surface area contributed by atoms with Crippen LogP contribution in [0.2, 0.25) is 5.02 Å². The van der Waals surface area contributed by atoms with Crippen LogP contribution in [0.25, 0.3) is 22.4 Å². The van der Waals surface area contributed by atoms with Gasteiger partial charge in [0.15, 0.2) is 9.84 Å². The van der Waals surface area contributed by atoms with Gasteiger partial charge in [0.2, 0.25) is 0 Å². The molecule has 0 bridgehead atoms. The normalized spacial score (nSPS) is 11.9. The van der Waals surface area contributed by atoms with Crippen LogP contribution in [-0.2, 0) is 30.7 Å². The molecule has 8 nitrogen and oxygen atoms in total. The number of rotatable bonds is 16. The molecule has 46 heavy (non-hydrogen) atoms. The summed E-state index contributed by atoms with van der Waals surface area (Å²) in [5.41, 5.74) is 4.10. The minimum Gasteiger partial charge on any atom is -0.497 e. The van der Waals surface area contributed by atoms with Crippen molar-refractivity contribution >= 4 is 39.2 Å². The molecule has 0 aliphatic heterocycles. The molecule has 11 heteroatoms. The summed E-state index contributed by atoms with van der Waals surface area (Å²) in [5.74, 6) is -0.486. The SMILES string of the molecule is CCCCS(=O)(=O)CC(COCc1ccc(Cl)cc1)OC(=O)CSc1nc(-c2ccc(OC)cc2)cc(-c2ccccc2)c1C#N. The van der Waals surface area contributed by atoms with Crippen molar-refractivity contribution in [1.82, 2.24) is 4.98 Å². The van der Waals surface area contributed by atoms with Crippen molar-refractivity contribution in [2.45, 2.75) is 37.5 Å². The molecule has 0 N–H and O–H groups in total. The van der Waals surface area contributed by atoms with Crippen LogP contribution in [0.5, 0.6) is 5.75 Å². The van der Waals surface area contributed by atoms with Gasteiger partial charge in [-0.15, -0.1) is 0 Å². The molecule has 0 fully saturated rings. The minimum atomic E-state index is -3.49. The van der Waals surface area contributed by atoms with E-state index in [1.807, 2.05) is 79.7 Å². The second kappa shape index (κ2) is 17.2. The summed E-state index contributed by atoms with van der Waals surface area (Å²) >= 11 is 7.02. The Hall–Kier alpha value is -3.88. The van der Waals surface area contributed by atoms with E-state index in [9.17, 15) is 18.5 Å². The number of sulfone groups is 1. The van der Waals surface area contributed by atoms with Gasteiger partial charge in [-0.3, -0.25) is 4.79 Å². The maximum absolute atomic E-state index is 13.1. The predicted octanol–water partition coefficient (Wildman–Crippen LogP) is 7.38. The first-order valence-corrected chi connectivity index (χ1v) is 17.9. The van der Waals surface area contributed by atoms with Crippen molar-refractivity contribution in [2.75, 3.05) is 31.0 Å². The summed E-state index contributed by atoms with van der Waals surface area (Å²) in [6.45, 7) is 2.01. The largest absolute Gasteiger partial charge is 0.497 e. The molecule has 0 spiro atoms. The van der Waals surface area contributed by atoms with E-state index in [-0.39, 0.29) is 30.5 Å². The van der Waals surface area contributed by atoms with Crippen molar-refractivity contribution in [1.29, 1.82) is 5.26 Å². The average Bonchev–Trinajstić information content (AvgIpc) is 3.07. The van der Waals surface area contributed by atoms with Crippen molar-refractivity contribution in [2.24, 2.45) is 0 Å². The second-order valence-corrected chi connectivity index (χ2v) is 14.1. The highest BCUT2D eigenvalue weighted by molar-refractivity contribution is 8.00. The average molecular weight is 679 g/mol. The maximum Gasteiger partial charge on any atom is 0.316 e. The Morgan fingerprint density at radius 3 is 2.39 bits per heavy atom. The van der Waals surface area contributed by atoms with Gasteiger partial charge in [0.1, 0.15) is 22.9 Å². The Morgan fingerprint density at radius 1 is 1.02 bits per heavy atom. The number of methoxy groups -OCH3 is 1. The lowest BCUT2D eigenvalue weighted by molar-refractivity contribution is -0.147. The number of pyridine rings is 1. The lowest BCUT2D eigenvalue weighted by Gasteiger charge is -2.19. The maximum atomic E-state index is 13.1. The molecule has 0 amide bonds. The number of benzene rings is 3. The molecule has 4 aromatic rings. The summed E-state index contributed by atoms with van der Waals surface area (Å²) in [5, 5.41) is 11.1. The van der Waals surface area contributed by atoms with E-state index in [4.69, 9.17) is 30.8 Å². The fourth-order valence-corrected chi connectivity index (χ4v) is 7.11. The molecule has 4 rings (SSSR count). The Kier molecular flexibility index (Phi) is 13.0. The first-order chi connectivity index (χ1) is 22.2. The number of nitrogens with zero attached hydrogens (tertiary/aromatic N) is 2. The van der Waals surface area contributed by atoms with Gasteiger partial charge < -0.3 is 14.2 Å². The number of carbonyl (C=O) groups excluding carboxylic acids is 1. The highest BCUT2D eigenvalue weighted by Gasteiger charge is 2.24. The van der Waals surface area contributed by atoms with Crippen molar-refractivity contribution in [3.63, 3.8) is 0 Å². The Bertz CT molecular complexity index is 1740. The minimum absolute atomic E-state index is 0.000645. The molecular formula is C35H35ClN2O6S2. The van der Waals surface area contributed by atoms with E-state index >= 15 is 0 Å². The van der Waals surface area contributed by atoms with Crippen LogP contribution in [0.4, 0.5) is 0 Å². The highest BCUT2D eigenvalue weighted by atomic mass is 35.5. The number of nitriles is 1. The Morgan fingerprint density at radius 2 is 1.74 bits per heavy atom. The number of aromatic nitrogens is 1. The molecule has 0 aliphatic carbocycles. The summed E-state index contributed by atoms with van der Waals surface area (Å²) in [6, 6.07) is 28.1. The van der Waals surface area contributed by atoms with Gasteiger partial charge in [-0.2, -0.15) is 5.26 Å². The van der Waals surface area contributed by atoms with Crippen molar-refractivity contribution in [3.05, 3.63) is 101 Å². The van der Waals surface area contributed by atoms with Gasteiger partial charge in [-0.1, -0.05) is 79.2 Å². The van der Waals surface area contributed by atoms with Gasteiger partial charge in [-0.05, 0) is 60.0 Å². The monoisotopic (exact) mass is 678 g/mol. The molecule has 3 aromatic carbocycles. The number of esters is 1. The number of hydrogen-bond acceptors (Lipinski definition) is 9. The standard InChI is InChI=1S/C35H35ClN2O6S2/c1-3-4-18-46(40,41)24-30(22-43-21-25-10-14-28(36)15-11-25)44-34(39)23-45-35-32(20-37)31(26-8-6-5-7-9-26)19-33(38-35)27-12-16-29(42-2)17-13-27/h5-17,19,30H,3-4,18,21-24H2,1-2H3. The van der Waals surface area contributed by atoms with E-state index in [0.29, 0.717) is 39.0 Å². The molecule has 240 valence electrons. The van der Waals surface area contributed by atoms with Crippen LogP contribution in [-0.4, -0.2) is 56.5 Å². The Balaban J connectivity index is 1.54. The molecule has 0 radical (unpaired) electrons. The summed E-state index contributed by atoms with van der Waals surface area (Å²) in [4.78, 5) is 17.9. The number of carbonyl (C=O) groups is 1. The second-order valence-electron chi connectivity index (χ2n) is 10.5. The summed E-state index contributed by atoms with van der Waals surface area (Å²) < 4.78 is 42.3. The highest BCUT2D eigenvalue weighted by Crippen LogP contribution is 2.34. The van der Waals surface area contributed by atoms with E-state index in [2.05, 4.69) is 6.07 Å². The van der Waals surface area contributed by atoms with Gasteiger partial charge in [0.05, 0.1) is 48.8 Å². The summed E-state index contributed by atoms with van der Waals surface area (Å²) in [6.07, 6.45) is 0.236. The third kappa shape index (κ3) is 10.3. The molecule has 1 aromatic heterocycles. The third-order valence-corrected chi connectivity index (χ3v) is 9.92. The topological polar surface area (TPSA) is 116 Å². The molecule has 1 unspecified atom stereocenters. The lowest BCUT2D eigenvalue weighted by Crippen LogP contribution is -2.32. The van der Waals surface area contributed by atoms with Crippen LogP contribution in [0.1, 0.15) is 30.9 Å². The van der Waals surface area contributed by atoms with Gasteiger partial charge in [0.25, 0.3) is 0 Å².